The first kappa shape index (κ1) is 22.3. The zero-order valence-electron chi connectivity index (χ0n) is 17.0. The lowest BCUT2D eigenvalue weighted by atomic mass is 10.0. The molecule has 0 unspecified atom stereocenters. The van der Waals surface area contributed by atoms with Crippen molar-refractivity contribution in [2.24, 2.45) is 0 Å². The van der Waals surface area contributed by atoms with Crippen LogP contribution in [0.5, 0.6) is 5.75 Å². The van der Waals surface area contributed by atoms with E-state index in [1.54, 1.807) is 18.2 Å². The van der Waals surface area contributed by atoms with Crippen molar-refractivity contribution < 1.29 is 23.9 Å². The van der Waals surface area contributed by atoms with E-state index in [2.05, 4.69) is 27.3 Å². The summed E-state index contributed by atoms with van der Waals surface area (Å²) >= 11 is 3.02. The Hall–Kier alpha value is -2.85. The fourth-order valence-electron chi connectivity index (χ4n) is 3.31. The summed E-state index contributed by atoms with van der Waals surface area (Å²) in [5.41, 5.74) is 1.68. The number of ether oxygens (including phenoxy) is 2. The van der Waals surface area contributed by atoms with Gasteiger partial charge in [-0.25, -0.2) is 4.79 Å². The highest BCUT2D eigenvalue weighted by atomic mass is 127. The number of hydrogen-bond acceptors (Lipinski definition) is 6. The second-order valence-corrected chi connectivity index (χ2v) is 9.12. The summed E-state index contributed by atoms with van der Waals surface area (Å²) in [5.74, 6) is -0.240. The maximum Gasteiger partial charge on any atom is 0.343 e. The van der Waals surface area contributed by atoms with Crippen molar-refractivity contribution in [2.75, 3.05) is 13.7 Å². The Balaban J connectivity index is 1.52. The van der Waals surface area contributed by atoms with Crippen molar-refractivity contribution in [3.63, 3.8) is 0 Å². The monoisotopic (exact) mass is 559 g/mol. The molecule has 32 heavy (non-hydrogen) atoms. The average Bonchev–Trinajstić information content (AvgIpc) is 3.05. The number of halogens is 1. The number of nitrogens with zero attached hydrogens (tertiary/aromatic N) is 1. The summed E-state index contributed by atoms with van der Waals surface area (Å²) < 4.78 is 10.8. The van der Waals surface area contributed by atoms with Gasteiger partial charge in [0, 0.05) is 0 Å². The first-order valence-electron chi connectivity index (χ1n) is 9.67. The predicted molar refractivity (Wildman–Crippen MR) is 132 cm³/mol. The highest BCUT2D eigenvalue weighted by molar-refractivity contribution is 14.1. The average molecular weight is 559 g/mol. The molecular formula is C24H18INO5S. The Labute approximate surface area is 202 Å². The third-order valence-corrected chi connectivity index (χ3v) is 6.66. The molecule has 3 aromatic carbocycles. The fraction of sp³-hybridized carbons (Fsp3) is 0.125. The highest BCUT2D eigenvalue weighted by Gasteiger charge is 2.35. The summed E-state index contributed by atoms with van der Waals surface area (Å²) in [6.45, 7) is 0.0418. The Morgan fingerprint density at radius 3 is 2.66 bits per heavy atom. The van der Waals surface area contributed by atoms with Crippen LogP contribution in [-0.4, -0.2) is 35.7 Å². The van der Waals surface area contributed by atoms with Crippen molar-refractivity contribution in [1.29, 1.82) is 0 Å². The van der Waals surface area contributed by atoms with E-state index in [1.807, 2.05) is 48.5 Å². The van der Waals surface area contributed by atoms with E-state index >= 15 is 0 Å². The summed E-state index contributed by atoms with van der Waals surface area (Å²) in [4.78, 5) is 38.5. The van der Waals surface area contributed by atoms with Gasteiger partial charge in [-0.2, -0.15) is 0 Å². The van der Waals surface area contributed by atoms with Crippen LogP contribution in [0.4, 0.5) is 4.79 Å². The van der Waals surface area contributed by atoms with Crippen LogP contribution < -0.4 is 4.74 Å². The molecule has 6 nitrogen and oxygen atoms in total. The number of rotatable bonds is 6. The second-order valence-electron chi connectivity index (χ2n) is 6.96. The molecule has 0 aliphatic carbocycles. The van der Waals surface area contributed by atoms with Crippen LogP contribution in [0.25, 0.3) is 16.8 Å². The van der Waals surface area contributed by atoms with Gasteiger partial charge in [-0.05, 0) is 74.5 Å². The van der Waals surface area contributed by atoms with E-state index in [1.165, 1.54) is 12.0 Å². The largest absolute Gasteiger partial charge is 0.481 e. The van der Waals surface area contributed by atoms with Crippen LogP contribution in [0, 0.1) is 3.57 Å². The normalized spacial score (nSPS) is 14.9. The minimum atomic E-state index is -0.468. The lowest BCUT2D eigenvalue weighted by molar-refractivity contribution is -0.142. The minimum Gasteiger partial charge on any atom is -0.481 e. The lowest BCUT2D eigenvalue weighted by Crippen LogP contribution is -2.27. The molecule has 0 saturated carbocycles. The Morgan fingerprint density at radius 1 is 1.09 bits per heavy atom. The molecule has 1 aliphatic heterocycles. The number of hydrogen-bond donors (Lipinski definition) is 0. The third-order valence-electron chi connectivity index (χ3n) is 4.91. The standard InChI is InChI=1S/C24H18INO5S/c1-30-22(27)14-31-20-10-9-15(11-19(20)25)12-21-23(28)26(24(29)32-21)13-17-7-4-6-16-5-2-3-8-18(16)17/h2-12H,13-14H2,1H3/b21-12+. The molecule has 0 spiro atoms. The van der Waals surface area contributed by atoms with Crippen molar-refractivity contribution >= 4 is 68.3 Å². The summed E-state index contributed by atoms with van der Waals surface area (Å²) in [6, 6.07) is 19.1. The molecule has 8 heteroatoms. The molecule has 0 bridgehead atoms. The van der Waals surface area contributed by atoms with Gasteiger partial charge in [0.1, 0.15) is 5.75 Å². The van der Waals surface area contributed by atoms with E-state index < -0.39 is 5.97 Å². The van der Waals surface area contributed by atoms with Crippen molar-refractivity contribution in [2.45, 2.75) is 6.54 Å². The minimum absolute atomic E-state index is 0.182. The second kappa shape index (κ2) is 9.74. The maximum absolute atomic E-state index is 13.0. The Kier molecular flexibility index (Phi) is 6.80. The molecule has 0 aromatic heterocycles. The Bertz CT molecular complexity index is 1250. The van der Waals surface area contributed by atoms with Crippen LogP contribution in [0.15, 0.2) is 65.6 Å². The van der Waals surface area contributed by atoms with Gasteiger partial charge in [0.15, 0.2) is 6.61 Å². The third kappa shape index (κ3) is 4.81. The molecule has 1 fully saturated rings. The molecule has 0 atom stereocenters. The number of esters is 1. The van der Waals surface area contributed by atoms with Crippen molar-refractivity contribution in [1.82, 2.24) is 4.90 Å². The van der Waals surface area contributed by atoms with Crippen molar-refractivity contribution in [3.8, 4) is 5.75 Å². The van der Waals surface area contributed by atoms with Crippen LogP contribution in [0.3, 0.4) is 0 Å². The molecule has 3 aromatic rings. The fourth-order valence-corrected chi connectivity index (χ4v) is 4.84. The molecule has 1 saturated heterocycles. The van der Waals surface area contributed by atoms with E-state index in [-0.39, 0.29) is 24.3 Å². The highest BCUT2D eigenvalue weighted by Crippen LogP contribution is 2.35. The van der Waals surface area contributed by atoms with Crippen LogP contribution in [0.2, 0.25) is 0 Å². The number of amides is 2. The van der Waals surface area contributed by atoms with Crippen LogP contribution in [-0.2, 0) is 20.9 Å². The molecule has 0 N–H and O–H groups in total. The zero-order valence-corrected chi connectivity index (χ0v) is 20.0. The SMILES string of the molecule is COC(=O)COc1ccc(/C=C2/SC(=O)N(Cc3cccc4ccccc34)C2=O)cc1I. The van der Waals surface area contributed by atoms with E-state index in [0.717, 1.165) is 37.2 Å². The molecule has 0 radical (unpaired) electrons. The molecule has 1 heterocycles. The number of carbonyl (C=O) groups excluding carboxylic acids is 3. The van der Waals surface area contributed by atoms with Gasteiger partial charge in [0.05, 0.1) is 22.1 Å². The summed E-state index contributed by atoms with van der Waals surface area (Å²) in [5, 5.41) is 1.80. The van der Waals surface area contributed by atoms with Gasteiger partial charge in [-0.3, -0.25) is 14.5 Å². The molecule has 2 amide bonds. The zero-order chi connectivity index (χ0) is 22.7. The molecule has 1 aliphatic rings. The molecule has 162 valence electrons. The van der Waals surface area contributed by atoms with E-state index in [9.17, 15) is 14.4 Å². The number of imide groups is 1. The first-order valence-corrected chi connectivity index (χ1v) is 11.6. The van der Waals surface area contributed by atoms with Gasteiger partial charge >= 0.3 is 5.97 Å². The molecule has 4 rings (SSSR count). The number of benzene rings is 3. The Morgan fingerprint density at radius 2 is 1.88 bits per heavy atom. The van der Waals surface area contributed by atoms with Crippen LogP contribution in [0.1, 0.15) is 11.1 Å². The van der Waals surface area contributed by atoms with Crippen molar-refractivity contribution in [3.05, 3.63) is 80.3 Å². The van der Waals surface area contributed by atoms with Gasteiger partial charge in [0.25, 0.3) is 11.1 Å². The summed E-state index contributed by atoms with van der Waals surface area (Å²) in [6.07, 6.45) is 1.69. The van der Waals surface area contributed by atoms with Gasteiger partial charge < -0.3 is 9.47 Å². The number of carbonyl (C=O) groups is 3. The quantitative estimate of drug-likeness (QED) is 0.234. The van der Waals surface area contributed by atoms with E-state index in [0.29, 0.717) is 10.7 Å². The van der Waals surface area contributed by atoms with E-state index in [4.69, 9.17) is 4.74 Å². The van der Waals surface area contributed by atoms with Crippen LogP contribution >= 0.6 is 34.4 Å². The van der Waals surface area contributed by atoms with Gasteiger partial charge in [0.2, 0.25) is 0 Å². The number of fused-ring (bicyclic) bond motifs is 1. The summed E-state index contributed by atoms with van der Waals surface area (Å²) in [7, 11) is 1.30. The number of methoxy groups -OCH3 is 1. The predicted octanol–water partition coefficient (Wildman–Crippen LogP) is 5.23. The van der Waals surface area contributed by atoms with Gasteiger partial charge in [-0.15, -0.1) is 0 Å². The first-order chi connectivity index (χ1) is 15.5. The topological polar surface area (TPSA) is 72.9 Å². The van der Waals surface area contributed by atoms with Gasteiger partial charge in [-0.1, -0.05) is 48.5 Å². The molecular weight excluding hydrogens is 541 g/mol. The maximum atomic E-state index is 13.0. The smallest absolute Gasteiger partial charge is 0.343 e. The number of thioether (sulfide) groups is 1. The lowest BCUT2D eigenvalue weighted by Gasteiger charge is -2.14.